The molecule has 0 amide bonds. The second-order valence-corrected chi connectivity index (χ2v) is 3.10. The molecule has 0 saturated carbocycles. The molecular formula is C12H11O2. The topological polar surface area (TPSA) is 29.1 Å². The number of benzene rings is 2. The van der Waals surface area contributed by atoms with Gasteiger partial charge in [-0.25, -0.2) is 0 Å². The Morgan fingerprint density at radius 2 is 1.79 bits per heavy atom. The number of rotatable bonds is 2. The molecule has 0 aromatic heterocycles. The average Bonchev–Trinajstić information content (AvgIpc) is 2.19. The minimum absolute atomic E-state index is 0.0432. The SMILES string of the molecule is CCOc1ccc2cc([O])ccc2c1. The van der Waals surface area contributed by atoms with Crippen LogP contribution in [-0.4, -0.2) is 6.61 Å². The molecule has 71 valence electrons. The van der Waals surface area contributed by atoms with Crippen LogP contribution in [0.25, 0.3) is 10.8 Å². The van der Waals surface area contributed by atoms with E-state index in [0.717, 1.165) is 16.5 Å². The maximum Gasteiger partial charge on any atom is 0.179 e. The Morgan fingerprint density at radius 1 is 1.07 bits per heavy atom. The van der Waals surface area contributed by atoms with Crippen molar-refractivity contribution in [2.24, 2.45) is 0 Å². The Morgan fingerprint density at radius 3 is 2.57 bits per heavy atom. The van der Waals surface area contributed by atoms with Crippen LogP contribution in [0.2, 0.25) is 0 Å². The van der Waals surface area contributed by atoms with Gasteiger partial charge < -0.3 is 4.74 Å². The standard InChI is InChI=1S/C12H11O2/c1-2-14-12-6-4-9-7-11(13)5-3-10(9)8-12/h3-8H,2H2,1H3. The summed E-state index contributed by atoms with van der Waals surface area (Å²) < 4.78 is 5.37. The molecule has 0 unspecified atom stereocenters. The molecule has 0 aliphatic carbocycles. The van der Waals surface area contributed by atoms with Gasteiger partial charge in [0.1, 0.15) is 5.75 Å². The molecule has 0 fully saturated rings. The fourth-order valence-corrected chi connectivity index (χ4v) is 1.46. The van der Waals surface area contributed by atoms with Crippen molar-refractivity contribution in [2.75, 3.05) is 6.61 Å². The lowest BCUT2D eigenvalue weighted by Gasteiger charge is -2.04. The van der Waals surface area contributed by atoms with Crippen LogP contribution >= 0.6 is 0 Å². The van der Waals surface area contributed by atoms with E-state index < -0.39 is 0 Å². The summed E-state index contributed by atoms with van der Waals surface area (Å²) >= 11 is 0. The zero-order valence-corrected chi connectivity index (χ0v) is 7.99. The van der Waals surface area contributed by atoms with E-state index in [4.69, 9.17) is 4.74 Å². The monoisotopic (exact) mass is 187 g/mol. The first kappa shape index (κ1) is 8.88. The van der Waals surface area contributed by atoms with Crippen LogP contribution in [0, 0.1) is 0 Å². The third-order valence-electron chi connectivity index (χ3n) is 2.09. The van der Waals surface area contributed by atoms with Crippen molar-refractivity contribution in [3.05, 3.63) is 36.4 Å². The summed E-state index contributed by atoms with van der Waals surface area (Å²) in [5, 5.41) is 13.1. The molecule has 2 aromatic carbocycles. The number of hydrogen-bond acceptors (Lipinski definition) is 1. The molecule has 0 aliphatic rings. The van der Waals surface area contributed by atoms with E-state index in [1.165, 1.54) is 0 Å². The van der Waals surface area contributed by atoms with Crippen molar-refractivity contribution in [2.45, 2.75) is 6.92 Å². The molecule has 0 heterocycles. The predicted molar refractivity (Wildman–Crippen MR) is 55.2 cm³/mol. The van der Waals surface area contributed by atoms with Crippen LogP contribution in [0.15, 0.2) is 36.4 Å². The molecule has 14 heavy (non-hydrogen) atoms. The van der Waals surface area contributed by atoms with Crippen LogP contribution in [-0.2, 0) is 5.11 Å². The molecule has 2 rings (SSSR count). The molecule has 0 N–H and O–H groups in total. The van der Waals surface area contributed by atoms with Gasteiger partial charge in [0.25, 0.3) is 0 Å². The maximum absolute atomic E-state index is 11.1. The van der Waals surface area contributed by atoms with E-state index in [1.807, 2.05) is 31.2 Å². The van der Waals surface area contributed by atoms with Gasteiger partial charge >= 0.3 is 0 Å². The lowest BCUT2D eigenvalue weighted by atomic mass is 10.1. The molecule has 0 atom stereocenters. The highest BCUT2D eigenvalue weighted by molar-refractivity contribution is 5.85. The summed E-state index contributed by atoms with van der Waals surface area (Å²) in [5.74, 6) is 0.889. The molecule has 2 nitrogen and oxygen atoms in total. The molecule has 0 spiro atoms. The quantitative estimate of drug-likeness (QED) is 0.708. The largest absolute Gasteiger partial charge is 0.494 e. The number of ether oxygens (including phenoxy) is 1. The van der Waals surface area contributed by atoms with Gasteiger partial charge in [0.15, 0.2) is 5.75 Å². The molecule has 0 aliphatic heterocycles. The van der Waals surface area contributed by atoms with Crippen molar-refractivity contribution in [3.63, 3.8) is 0 Å². The van der Waals surface area contributed by atoms with Crippen molar-refractivity contribution in [1.29, 1.82) is 0 Å². The fourth-order valence-electron chi connectivity index (χ4n) is 1.46. The normalized spacial score (nSPS) is 10.4. The van der Waals surface area contributed by atoms with Crippen LogP contribution in [0.1, 0.15) is 6.92 Å². The Bertz CT molecular complexity index is 449. The Hall–Kier alpha value is -1.70. The first-order valence-electron chi connectivity index (χ1n) is 4.63. The van der Waals surface area contributed by atoms with Gasteiger partial charge in [-0.2, -0.15) is 0 Å². The third kappa shape index (κ3) is 1.64. The molecule has 2 heteroatoms. The molecule has 2 aromatic rings. The van der Waals surface area contributed by atoms with Gasteiger partial charge in [-0.15, -0.1) is 0 Å². The summed E-state index contributed by atoms with van der Waals surface area (Å²) in [6.45, 7) is 2.61. The first-order valence-corrected chi connectivity index (χ1v) is 4.63. The van der Waals surface area contributed by atoms with Crippen molar-refractivity contribution < 1.29 is 9.84 Å². The summed E-state index contributed by atoms with van der Waals surface area (Å²) in [5.41, 5.74) is 0. The van der Waals surface area contributed by atoms with Crippen LogP contribution in [0.3, 0.4) is 0 Å². The molecule has 0 bridgehead atoms. The zero-order valence-electron chi connectivity index (χ0n) is 7.99. The zero-order chi connectivity index (χ0) is 9.97. The van der Waals surface area contributed by atoms with Crippen LogP contribution in [0.5, 0.6) is 11.5 Å². The second kappa shape index (κ2) is 3.58. The Kier molecular flexibility index (Phi) is 2.27. The number of hydrogen-bond donors (Lipinski definition) is 0. The molecule has 0 saturated heterocycles. The van der Waals surface area contributed by atoms with E-state index in [9.17, 15) is 5.11 Å². The summed E-state index contributed by atoms with van der Waals surface area (Å²) in [7, 11) is 0. The van der Waals surface area contributed by atoms with Crippen molar-refractivity contribution in [3.8, 4) is 11.5 Å². The van der Waals surface area contributed by atoms with Gasteiger partial charge in [-0.1, -0.05) is 12.1 Å². The van der Waals surface area contributed by atoms with E-state index in [-0.39, 0.29) is 5.75 Å². The van der Waals surface area contributed by atoms with Crippen molar-refractivity contribution in [1.82, 2.24) is 0 Å². The van der Waals surface area contributed by atoms with Crippen molar-refractivity contribution >= 4 is 10.8 Å². The third-order valence-corrected chi connectivity index (χ3v) is 2.09. The first-order chi connectivity index (χ1) is 6.79. The minimum atomic E-state index is 0.0432. The van der Waals surface area contributed by atoms with E-state index in [0.29, 0.717) is 6.61 Å². The van der Waals surface area contributed by atoms with Gasteiger partial charge in [-0.3, -0.25) is 5.11 Å². The van der Waals surface area contributed by atoms with Crippen LogP contribution < -0.4 is 4.74 Å². The highest BCUT2D eigenvalue weighted by Gasteiger charge is 1.98. The minimum Gasteiger partial charge on any atom is -0.494 e. The van der Waals surface area contributed by atoms with Gasteiger partial charge in [-0.05, 0) is 42.0 Å². The highest BCUT2D eigenvalue weighted by Crippen LogP contribution is 2.24. The lowest BCUT2D eigenvalue weighted by molar-refractivity contribution is 0.340. The van der Waals surface area contributed by atoms with Gasteiger partial charge in [0.2, 0.25) is 0 Å². The Labute approximate surface area is 82.8 Å². The predicted octanol–water partition coefficient (Wildman–Crippen LogP) is 3.38. The summed E-state index contributed by atoms with van der Waals surface area (Å²) in [6, 6.07) is 10.7. The Balaban J connectivity index is 2.50. The summed E-state index contributed by atoms with van der Waals surface area (Å²) in [6.07, 6.45) is 0. The number of fused-ring (bicyclic) bond motifs is 1. The molecule has 1 radical (unpaired) electrons. The smallest absolute Gasteiger partial charge is 0.179 e. The summed E-state index contributed by atoms with van der Waals surface area (Å²) in [4.78, 5) is 0. The van der Waals surface area contributed by atoms with E-state index >= 15 is 0 Å². The lowest BCUT2D eigenvalue weighted by Crippen LogP contribution is -1.90. The molecular weight excluding hydrogens is 176 g/mol. The van der Waals surface area contributed by atoms with E-state index in [2.05, 4.69) is 0 Å². The van der Waals surface area contributed by atoms with Crippen LogP contribution in [0.4, 0.5) is 0 Å². The van der Waals surface area contributed by atoms with Gasteiger partial charge in [0, 0.05) is 0 Å². The highest BCUT2D eigenvalue weighted by atomic mass is 16.5. The fraction of sp³-hybridized carbons (Fsp3) is 0.167. The van der Waals surface area contributed by atoms with E-state index in [1.54, 1.807) is 12.1 Å². The van der Waals surface area contributed by atoms with Gasteiger partial charge in [0.05, 0.1) is 6.61 Å². The maximum atomic E-state index is 11.1. The average molecular weight is 187 g/mol. The second-order valence-electron chi connectivity index (χ2n) is 3.10.